The summed E-state index contributed by atoms with van der Waals surface area (Å²) in [5.74, 6) is 0. The van der Waals surface area contributed by atoms with E-state index in [1.54, 1.807) is 0 Å². The second-order valence-corrected chi connectivity index (χ2v) is 2.45. The van der Waals surface area contributed by atoms with Gasteiger partial charge in [0.25, 0.3) is 0 Å². The highest BCUT2D eigenvalue weighted by Crippen LogP contribution is 1.96. The van der Waals surface area contributed by atoms with Crippen molar-refractivity contribution >= 4 is 0 Å². The van der Waals surface area contributed by atoms with Gasteiger partial charge in [0.1, 0.15) is 0 Å². The third-order valence-corrected chi connectivity index (χ3v) is 1.49. The number of nitrogens with two attached hydrogens (primary N) is 1. The Hall–Kier alpha value is -0.860. The molecule has 98 valence electrons. The molecule has 0 heterocycles. The van der Waals surface area contributed by atoms with Crippen LogP contribution in [-0.4, -0.2) is 13.1 Å². The summed E-state index contributed by atoms with van der Waals surface area (Å²) in [6, 6.07) is 10.3. The van der Waals surface area contributed by atoms with Crippen molar-refractivity contribution in [1.29, 1.82) is 0 Å². The SMILES string of the molecule is C.C.C.CC.NCCNCc1ccccc1. The molecule has 0 aromatic heterocycles. The molecule has 0 unspecified atom stereocenters. The van der Waals surface area contributed by atoms with Gasteiger partial charge in [0.15, 0.2) is 0 Å². The first kappa shape index (κ1) is 24.4. The number of nitrogens with one attached hydrogen (secondary N) is 1. The predicted octanol–water partition coefficient (Wildman–Crippen LogP) is 3.67. The average Bonchev–Trinajstić information content (AvgIpc) is 2.23. The van der Waals surface area contributed by atoms with Gasteiger partial charge in [0, 0.05) is 19.6 Å². The lowest BCUT2D eigenvalue weighted by molar-refractivity contribution is 0.695. The van der Waals surface area contributed by atoms with Crippen LogP contribution in [0.15, 0.2) is 30.3 Å². The van der Waals surface area contributed by atoms with E-state index in [1.807, 2.05) is 32.0 Å². The van der Waals surface area contributed by atoms with Crippen molar-refractivity contribution in [3.63, 3.8) is 0 Å². The predicted molar refractivity (Wildman–Crippen MR) is 78.7 cm³/mol. The summed E-state index contributed by atoms with van der Waals surface area (Å²) in [7, 11) is 0. The summed E-state index contributed by atoms with van der Waals surface area (Å²) in [6.45, 7) is 6.50. The van der Waals surface area contributed by atoms with Gasteiger partial charge in [-0.1, -0.05) is 66.5 Å². The van der Waals surface area contributed by atoms with Gasteiger partial charge in [-0.25, -0.2) is 0 Å². The molecule has 0 radical (unpaired) electrons. The van der Waals surface area contributed by atoms with Crippen molar-refractivity contribution in [2.24, 2.45) is 5.73 Å². The number of rotatable bonds is 4. The number of hydrogen-bond donors (Lipinski definition) is 2. The van der Waals surface area contributed by atoms with Gasteiger partial charge in [-0.2, -0.15) is 0 Å². The Bertz CT molecular complexity index is 185. The van der Waals surface area contributed by atoms with Gasteiger partial charge in [-0.15, -0.1) is 0 Å². The number of hydrogen-bond acceptors (Lipinski definition) is 2. The van der Waals surface area contributed by atoms with Crippen molar-refractivity contribution in [2.45, 2.75) is 42.7 Å². The summed E-state index contributed by atoms with van der Waals surface area (Å²) in [5.41, 5.74) is 6.64. The van der Waals surface area contributed by atoms with E-state index in [-0.39, 0.29) is 22.3 Å². The lowest BCUT2D eigenvalue weighted by Crippen LogP contribution is -2.21. The molecule has 0 bridgehead atoms. The van der Waals surface area contributed by atoms with Crippen LogP contribution in [-0.2, 0) is 6.54 Å². The third kappa shape index (κ3) is 13.1. The van der Waals surface area contributed by atoms with Gasteiger partial charge in [0.05, 0.1) is 0 Å². The zero-order valence-electron chi connectivity index (χ0n) is 8.59. The summed E-state index contributed by atoms with van der Waals surface area (Å²) >= 11 is 0. The lowest BCUT2D eigenvalue weighted by atomic mass is 10.2. The Morgan fingerprint density at radius 3 is 1.94 bits per heavy atom. The van der Waals surface area contributed by atoms with E-state index in [0.29, 0.717) is 6.54 Å². The van der Waals surface area contributed by atoms with Crippen molar-refractivity contribution in [1.82, 2.24) is 5.32 Å². The molecule has 0 amide bonds. The van der Waals surface area contributed by atoms with Crippen LogP contribution in [0.25, 0.3) is 0 Å². The molecule has 1 aromatic rings. The molecular formula is C14H32N2. The van der Waals surface area contributed by atoms with Crippen LogP contribution in [0.4, 0.5) is 0 Å². The molecule has 1 rings (SSSR count). The summed E-state index contributed by atoms with van der Waals surface area (Å²) in [4.78, 5) is 0. The second-order valence-electron chi connectivity index (χ2n) is 2.45. The van der Waals surface area contributed by atoms with Crippen molar-refractivity contribution < 1.29 is 0 Å². The maximum atomic E-state index is 5.33. The molecule has 0 spiro atoms. The van der Waals surface area contributed by atoms with E-state index in [4.69, 9.17) is 5.73 Å². The Kier molecular flexibility index (Phi) is 30.0. The van der Waals surface area contributed by atoms with Crippen LogP contribution in [0.2, 0.25) is 0 Å². The first-order valence-electron chi connectivity index (χ1n) is 4.88. The van der Waals surface area contributed by atoms with E-state index in [1.165, 1.54) is 5.56 Å². The van der Waals surface area contributed by atoms with E-state index < -0.39 is 0 Å². The Balaban J connectivity index is -0.000000136. The fourth-order valence-corrected chi connectivity index (χ4v) is 0.931. The van der Waals surface area contributed by atoms with Crippen LogP contribution < -0.4 is 11.1 Å². The third-order valence-electron chi connectivity index (χ3n) is 1.49. The van der Waals surface area contributed by atoms with Crippen LogP contribution in [0.3, 0.4) is 0 Å². The molecule has 0 aliphatic rings. The van der Waals surface area contributed by atoms with E-state index >= 15 is 0 Å². The zero-order valence-corrected chi connectivity index (χ0v) is 8.59. The van der Waals surface area contributed by atoms with Crippen molar-refractivity contribution in [3.05, 3.63) is 35.9 Å². The maximum absolute atomic E-state index is 5.33. The average molecular weight is 228 g/mol. The second kappa shape index (κ2) is 19.7. The molecule has 16 heavy (non-hydrogen) atoms. The lowest BCUT2D eigenvalue weighted by Gasteiger charge is -2.01. The van der Waals surface area contributed by atoms with E-state index in [0.717, 1.165) is 13.1 Å². The minimum atomic E-state index is 0. The summed E-state index contributed by atoms with van der Waals surface area (Å²) in [5, 5.41) is 3.23. The molecule has 1 aromatic carbocycles. The van der Waals surface area contributed by atoms with Gasteiger partial charge in [-0.05, 0) is 5.56 Å². The smallest absolute Gasteiger partial charge is 0.0206 e. The van der Waals surface area contributed by atoms with E-state index in [2.05, 4.69) is 17.4 Å². The Labute approximate surface area is 103 Å². The summed E-state index contributed by atoms with van der Waals surface area (Å²) in [6.07, 6.45) is 0. The minimum absolute atomic E-state index is 0. The topological polar surface area (TPSA) is 38.0 Å². The molecule has 3 N–H and O–H groups in total. The molecule has 2 heteroatoms. The fourth-order valence-electron chi connectivity index (χ4n) is 0.931. The highest BCUT2D eigenvalue weighted by Gasteiger charge is 1.87. The van der Waals surface area contributed by atoms with Crippen molar-refractivity contribution in [2.75, 3.05) is 13.1 Å². The first-order chi connectivity index (χ1) is 6.43. The standard InChI is InChI=1S/C9H14N2.C2H6.3CH4/c10-6-7-11-8-9-4-2-1-3-5-9;1-2;;;/h1-5,11H,6-8,10H2;1-2H3;3*1H4. The fraction of sp³-hybridized carbons (Fsp3) is 0.571. The first-order valence-corrected chi connectivity index (χ1v) is 4.88. The molecular weight excluding hydrogens is 196 g/mol. The highest BCUT2D eigenvalue weighted by molar-refractivity contribution is 5.14. The summed E-state index contributed by atoms with van der Waals surface area (Å²) < 4.78 is 0. The largest absolute Gasteiger partial charge is 0.329 e. The van der Waals surface area contributed by atoms with E-state index in [9.17, 15) is 0 Å². The van der Waals surface area contributed by atoms with Gasteiger partial charge in [0.2, 0.25) is 0 Å². The van der Waals surface area contributed by atoms with Crippen molar-refractivity contribution in [3.8, 4) is 0 Å². The Morgan fingerprint density at radius 2 is 1.50 bits per heavy atom. The monoisotopic (exact) mass is 228 g/mol. The highest BCUT2D eigenvalue weighted by atomic mass is 14.9. The molecule has 2 nitrogen and oxygen atoms in total. The van der Waals surface area contributed by atoms with Gasteiger partial charge >= 0.3 is 0 Å². The van der Waals surface area contributed by atoms with Crippen LogP contribution in [0.1, 0.15) is 41.7 Å². The molecule has 0 saturated carbocycles. The molecule has 0 atom stereocenters. The molecule has 0 aliphatic carbocycles. The van der Waals surface area contributed by atoms with Crippen LogP contribution in [0, 0.1) is 0 Å². The van der Waals surface area contributed by atoms with Crippen LogP contribution >= 0.6 is 0 Å². The van der Waals surface area contributed by atoms with Crippen LogP contribution in [0.5, 0.6) is 0 Å². The molecule has 0 saturated heterocycles. The zero-order chi connectivity index (χ0) is 9.94. The molecule has 0 aliphatic heterocycles. The quantitative estimate of drug-likeness (QED) is 0.772. The van der Waals surface area contributed by atoms with Gasteiger partial charge in [-0.3, -0.25) is 0 Å². The number of benzene rings is 1. The maximum Gasteiger partial charge on any atom is 0.0206 e. The molecule has 0 fully saturated rings. The Morgan fingerprint density at radius 1 is 1.00 bits per heavy atom. The minimum Gasteiger partial charge on any atom is -0.329 e. The normalized spacial score (nSPS) is 7.19. The van der Waals surface area contributed by atoms with Gasteiger partial charge < -0.3 is 11.1 Å².